The zero-order chi connectivity index (χ0) is 13.8. The molecule has 19 heavy (non-hydrogen) atoms. The minimum atomic E-state index is 0.465. The van der Waals surface area contributed by atoms with Crippen molar-refractivity contribution in [3.05, 3.63) is 30.0 Å². The second-order valence-corrected chi connectivity index (χ2v) is 4.11. The van der Waals surface area contributed by atoms with Gasteiger partial charge in [0.2, 0.25) is 0 Å². The molecular formula is C14H19N3O2. The third kappa shape index (κ3) is 2.56. The smallest absolute Gasteiger partial charge is 0.128 e. The van der Waals surface area contributed by atoms with Gasteiger partial charge in [-0.1, -0.05) is 0 Å². The number of benzene rings is 1. The van der Waals surface area contributed by atoms with Crippen LogP contribution in [-0.4, -0.2) is 24.0 Å². The average molecular weight is 261 g/mol. The summed E-state index contributed by atoms with van der Waals surface area (Å²) in [5.41, 5.74) is 8.48. The molecule has 0 bridgehead atoms. The van der Waals surface area contributed by atoms with E-state index in [-0.39, 0.29) is 0 Å². The molecule has 0 aliphatic carbocycles. The lowest BCUT2D eigenvalue weighted by molar-refractivity contribution is 0.404. The summed E-state index contributed by atoms with van der Waals surface area (Å²) in [5, 5.41) is 4.55. The van der Waals surface area contributed by atoms with E-state index in [1.54, 1.807) is 14.2 Å². The molecule has 0 saturated carbocycles. The molecule has 5 nitrogen and oxygen atoms in total. The molecule has 0 atom stereocenters. The highest BCUT2D eigenvalue weighted by molar-refractivity contribution is 5.69. The Morgan fingerprint density at radius 1 is 1.21 bits per heavy atom. The molecule has 0 spiro atoms. The number of nitrogens with zero attached hydrogens (tertiary/aromatic N) is 2. The summed E-state index contributed by atoms with van der Waals surface area (Å²) in [6.45, 7) is 3.30. The average Bonchev–Trinajstić information content (AvgIpc) is 2.89. The molecule has 1 aromatic carbocycles. The van der Waals surface area contributed by atoms with Crippen LogP contribution < -0.4 is 15.2 Å². The van der Waals surface area contributed by atoms with Crippen molar-refractivity contribution in [3.8, 4) is 22.8 Å². The highest BCUT2D eigenvalue weighted by Crippen LogP contribution is 2.32. The summed E-state index contributed by atoms with van der Waals surface area (Å²) in [6.07, 6.45) is 0. The fourth-order valence-corrected chi connectivity index (χ4v) is 2.04. The number of rotatable bonds is 5. The van der Waals surface area contributed by atoms with E-state index in [0.29, 0.717) is 6.54 Å². The van der Waals surface area contributed by atoms with Gasteiger partial charge in [0, 0.05) is 18.7 Å². The summed E-state index contributed by atoms with van der Waals surface area (Å²) < 4.78 is 12.5. The largest absolute Gasteiger partial charge is 0.497 e. The summed E-state index contributed by atoms with van der Waals surface area (Å²) in [5.74, 6) is 1.54. The second kappa shape index (κ2) is 5.75. The molecule has 0 aliphatic heterocycles. The van der Waals surface area contributed by atoms with Gasteiger partial charge in [-0.3, -0.25) is 4.68 Å². The monoisotopic (exact) mass is 261 g/mol. The Bertz CT molecular complexity index is 542. The van der Waals surface area contributed by atoms with Gasteiger partial charge in [0.05, 0.1) is 25.6 Å². The third-order valence-electron chi connectivity index (χ3n) is 3.05. The Hall–Kier alpha value is -2.01. The van der Waals surface area contributed by atoms with E-state index in [0.717, 1.165) is 35.0 Å². The van der Waals surface area contributed by atoms with Crippen LogP contribution in [-0.2, 0) is 13.1 Å². The number of aryl methyl sites for hydroxylation is 1. The molecule has 0 radical (unpaired) electrons. The van der Waals surface area contributed by atoms with Gasteiger partial charge in [-0.25, -0.2) is 0 Å². The fourth-order valence-electron chi connectivity index (χ4n) is 2.04. The molecule has 2 N–H and O–H groups in total. The van der Waals surface area contributed by atoms with Crippen molar-refractivity contribution >= 4 is 0 Å². The molecule has 2 aromatic rings. The number of methoxy groups -OCH3 is 2. The number of nitrogens with two attached hydrogens (primary N) is 1. The predicted molar refractivity (Wildman–Crippen MR) is 74.3 cm³/mol. The van der Waals surface area contributed by atoms with Crippen LogP contribution in [0.3, 0.4) is 0 Å². The summed E-state index contributed by atoms with van der Waals surface area (Å²) in [6, 6.07) is 7.65. The number of hydrogen-bond acceptors (Lipinski definition) is 4. The first-order chi connectivity index (χ1) is 9.23. The zero-order valence-electron chi connectivity index (χ0n) is 11.5. The van der Waals surface area contributed by atoms with Crippen LogP contribution in [0.5, 0.6) is 11.5 Å². The maximum atomic E-state index is 5.73. The van der Waals surface area contributed by atoms with Crippen LogP contribution in [0.2, 0.25) is 0 Å². The van der Waals surface area contributed by atoms with Gasteiger partial charge in [0.15, 0.2) is 0 Å². The maximum absolute atomic E-state index is 5.73. The van der Waals surface area contributed by atoms with E-state index in [1.165, 1.54) is 0 Å². The molecule has 0 unspecified atom stereocenters. The van der Waals surface area contributed by atoms with Gasteiger partial charge in [-0.05, 0) is 31.2 Å². The van der Waals surface area contributed by atoms with Crippen molar-refractivity contribution < 1.29 is 9.47 Å². The van der Waals surface area contributed by atoms with E-state index in [1.807, 2.05) is 35.9 Å². The van der Waals surface area contributed by atoms with E-state index >= 15 is 0 Å². The van der Waals surface area contributed by atoms with Crippen molar-refractivity contribution in [1.29, 1.82) is 0 Å². The molecule has 1 heterocycles. The van der Waals surface area contributed by atoms with Crippen molar-refractivity contribution in [3.63, 3.8) is 0 Å². The summed E-state index contributed by atoms with van der Waals surface area (Å²) in [7, 11) is 3.29. The standard InChI is InChI=1S/C14H19N3O2/c1-4-17-10(9-15)7-13(16-17)12-8-11(18-2)5-6-14(12)19-3/h5-8H,4,9,15H2,1-3H3. The molecule has 0 amide bonds. The molecule has 0 aliphatic rings. The molecule has 5 heteroatoms. The van der Waals surface area contributed by atoms with Crippen molar-refractivity contribution in [2.45, 2.75) is 20.0 Å². The van der Waals surface area contributed by atoms with Crippen molar-refractivity contribution in [1.82, 2.24) is 9.78 Å². The van der Waals surface area contributed by atoms with Crippen LogP contribution >= 0.6 is 0 Å². The predicted octanol–water partition coefficient (Wildman–Crippen LogP) is 2.05. The Morgan fingerprint density at radius 2 is 2.00 bits per heavy atom. The molecule has 0 fully saturated rings. The number of hydrogen-bond donors (Lipinski definition) is 1. The molecule has 2 rings (SSSR count). The zero-order valence-corrected chi connectivity index (χ0v) is 11.5. The van der Waals surface area contributed by atoms with Gasteiger partial charge < -0.3 is 15.2 Å². The van der Waals surface area contributed by atoms with E-state index in [2.05, 4.69) is 5.10 Å². The minimum absolute atomic E-state index is 0.465. The van der Waals surface area contributed by atoms with Gasteiger partial charge in [-0.2, -0.15) is 5.10 Å². The second-order valence-electron chi connectivity index (χ2n) is 4.11. The van der Waals surface area contributed by atoms with Crippen LogP contribution in [0.25, 0.3) is 11.3 Å². The molecule has 102 valence electrons. The number of aromatic nitrogens is 2. The topological polar surface area (TPSA) is 62.3 Å². The van der Waals surface area contributed by atoms with Crippen LogP contribution in [0.15, 0.2) is 24.3 Å². The first kappa shape index (κ1) is 13.4. The first-order valence-corrected chi connectivity index (χ1v) is 6.22. The van der Waals surface area contributed by atoms with Crippen LogP contribution in [0.1, 0.15) is 12.6 Å². The first-order valence-electron chi connectivity index (χ1n) is 6.22. The van der Waals surface area contributed by atoms with Gasteiger partial charge >= 0.3 is 0 Å². The Balaban J connectivity index is 2.53. The highest BCUT2D eigenvalue weighted by Gasteiger charge is 2.13. The molecule has 1 aromatic heterocycles. The highest BCUT2D eigenvalue weighted by atomic mass is 16.5. The maximum Gasteiger partial charge on any atom is 0.128 e. The van der Waals surface area contributed by atoms with Crippen molar-refractivity contribution in [2.24, 2.45) is 5.73 Å². The Labute approximate surface area is 112 Å². The normalized spacial score (nSPS) is 10.5. The Morgan fingerprint density at radius 3 is 2.53 bits per heavy atom. The van der Waals surface area contributed by atoms with Gasteiger partial charge in [0.1, 0.15) is 11.5 Å². The van der Waals surface area contributed by atoms with Crippen LogP contribution in [0.4, 0.5) is 0 Å². The summed E-state index contributed by atoms with van der Waals surface area (Å²) in [4.78, 5) is 0. The van der Waals surface area contributed by atoms with Gasteiger partial charge in [-0.15, -0.1) is 0 Å². The Kier molecular flexibility index (Phi) is 4.06. The summed E-state index contributed by atoms with van der Waals surface area (Å²) >= 11 is 0. The quantitative estimate of drug-likeness (QED) is 0.894. The number of ether oxygens (including phenoxy) is 2. The SMILES string of the molecule is CCn1nc(-c2cc(OC)ccc2OC)cc1CN. The lowest BCUT2D eigenvalue weighted by atomic mass is 10.1. The van der Waals surface area contributed by atoms with E-state index in [4.69, 9.17) is 15.2 Å². The lowest BCUT2D eigenvalue weighted by Crippen LogP contribution is -2.06. The van der Waals surface area contributed by atoms with Crippen molar-refractivity contribution in [2.75, 3.05) is 14.2 Å². The minimum Gasteiger partial charge on any atom is -0.497 e. The molecule has 0 saturated heterocycles. The van der Waals surface area contributed by atoms with E-state index in [9.17, 15) is 0 Å². The lowest BCUT2D eigenvalue weighted by Gasteiger charge is -2.08. The van der Waals surface area contributed by atoms with Gasteiger partial charge in [0.25, 0.3) is 0 Å². The van der Waals surface area contributed by atoms with E-state index < -0.39 is 0 Å². The molecular weight excluding hydrogens is 242 g/mol. The third-order valence-corrected chi connectivity index (χ3v) is 3.05. The van der Waals surface area contributed by atoms with Crippen LogP contribution in [0, 0.1) is 0 Å². The fraction of sp³-hybridized carbons (Fsp3) is 0.357.